The molecule has 0 saturated carbocycles. The number of carboxylic acids is 1. The maximum Gasteiger partial charge on any atom is 0.313 e. The van der Waals surface area contributed by atoms with Crippen molar-refractivity contribution in [1.82, 2.24) is 4.98 Å². The van der Waals surface area contributed by atoms with E-state index in [1.807, 2.05) is 6.92 Å². The van der Waals surface area contributed by atoms with Crippen LogP contribution < -0.4 is 5.32 Å². The second kappa shape index (κ2) is 6.59. The fraction of sp³-hybridized carbons (Fsp3) is 0.421. The number of nitrogens with zero attached hydrogens (tertiary/aromatic N) is 1. The topological polar surface area (TPSA) is 79.3 Å². The van der Waals surface area contributed by atoms with Gasteiger partial charge in [-0.25, -0.2) is 4.98 Å². The van der Waals surface area contributed by atoms with Crippen LogP contribution in [0.3, 0.4) is 0 Å². The van der Waals surface area contributed by atoms with Gasteiger partial charge in [0.25, 0.3) is 5.91 Å². The van der Waals surface area contributed by atoms with E-state index >= 15 is 0 Å². The molecule has 2 aromatic rings. The Hall–Kier alpha value is -2.21. The molecule has 0 aliphatic heterocycles. The summed E-state index contributed by atoms with van der Waals surface area (Å²) >= 11 is 1.40. The second-order valence-electron chi connectivity index (χ2n) is 7.65. The normalized spacial score (nSPS) is 12.1. The monoisotopic (exact) mass is 360 g/mol. The Bertz CT molecular complexity index is 799. The van der Waals surface area contributed by atoms with Crippen molar-refractivity contribution in [1.29, 1.82) is 0 Å². The zero-order valence-corrected chi connectivity index (χ0v) is 16.2. The number of thiazole rings is 1. The second-order valence-corrected chi connectivity index (χ2v) is 8.64. The van der Waals surface area contributed by atoms with E-state index in [0.29, 0.717) is 16.1 Å². The Morgan fingerprint density at radius 2 is 1.64 bits per heavy atom. The van der Waals surface area contributed by atoms with Crippen LogP contribution in [-0.4, -0.2) is 22.0 Å². The number of aryl methyl sites for hydroxylation is 1. The minimum absolute atomic E-state index is 0.0992. The first-order valence-electron chi connectivity index (χ1n) is 8.06. The molecular formula is C19H24N2O3S. The van der Waals surface area contributed by atoms with Crippen LogP contribution in [0.15, 0.2) is 24.3 Å². The Morgan fingerprint density at radius 3 is 2.08 bits per heavy atom. The molecule has 1 aromatic heterocycles. The minimum Gasteiger partial charge on any atom is -0.481 e. The van der Waals surface area contributed by atoms with Crippen molar-refractivity contribution in [3.8, 4) is 0 Å². The molecule has 25 heavy (non-hydrogen) atoms. The molecule has 0 spiro atoms. The van der Waals surface area contributed by atoms with E-state index in [1.165, 1.54) is 11.3 Å². The van der Waals surface area contributed by atoms with Crippen molar-refractivity contribution < 1.29 is 14.7 Å². The molecule has 0 aliphatic rings. The number of amides is 1. The van der Waals surface area contributed by atoms with Gasteiger partial charge < -0.3 is 10.4 Å². The molecule has 1 heterocycles. The Balaban J connectivity index is 2.19. The van der Waals surface area contributed by atoms with Crippen LogP contribution in [0, 0.1) is 6.92 Å². The highest BCUT2D eigenvalue weighted by molar-refractivity contribution is 7.14. The molecule has 0 radical (unpaired) electrons. The van der Waals surface area contributed by atoms with Gasteiger partial charge in [-0.05, 0) is 38.5 Å². The third kappa shape index (κ3) is 4.07. The lowest BCUT2D eigenvalue weighted by Crippen LogP contribution is -2.28. The lowest BCUT2D eigenvalue weighted by atomic mass is 9.85. The number of carbonyl (C=O) groups excluding carboxylic acids is 1. The number of carbonyl (C=O) groups is 2. The van der Waals surface area contributed by atoms with Gasteiger partial charge in [0.1, 0.15) is 4.88 Å². The molecular weight excluding hydrogens is 336 g/mol. The molecule has 0 unspecified atom stereocenters. The average molecular weight is 360 g/mol. The first-order valence-corrected chi connectivity index (χ1v) is 8.88. The summed E-state index contributed by atoms with van der Waals surface area (Å²) in [5, 5.41) is 13.1. The Kier molecular flexibility index (Phi) is 5.04. The Labute approximate surface area is 152 Å². The largest absolute Gasteiger partial charge is 0.481 e. The number of nitrogens with one attached hydrogen (secondary N) is 1. The number of aliphatic carboxylic acids is 1. The van der Waals surface area contributed by atoms with Crippen molar-refractivity contribution in [3.05, 3.63) is 45.4 Å². The zero-order chi connectivity index (χ0) is 19.0. The molecule has 0 fully saturated rings. The van der Waals surface area contributed by atoms with Crippen molar-refractivity contribution >= 4 is 28.9 Å². The molecule has 0 aliphatic carbocycles. The molecule has 0 bridgehead atoms. The minimum atomic E-state index is -0.974. The third-order valence-corrected chi connectivity index (χ3v) is 5.63. The molecule has 1 amide bonds. The Morgan fingerprint density at radius 1 is 1.08 bits per heavy atom. The van der Waals surface area contributed by atoms with Crippen molar-refractivity contribution in [3.63, 3.8) is 0 Å². The number of carboxylic acid groups (broad SMARTS) is 1. The van der Waals surface area contributed by atoms with Gasteiger partial charge in [-0.1, -0.05) is 32.9 Å². The maximum absolute atomic E-state index is 12.5. The van der Waals surface area contributed by atoms with Crippen LogP contribution >= 0.6 is 11.3 Å². The van der Waals surface area contributed by atoms with Crippen LogP contribution in [0.1, 0.15) is 60.6 Å². The van der Waals surface area contributed by atoms with Crippen LogP contribution in [0.2, 0.25) is 0 Å². The van der Waals surface area contributed by atoms with E-state index in [1.54, 1.807) is 38.1 Å². The third-order valence-electron chi connectivity index (χ3n) is 4.04. The summed E-state index contributed by atoms with van der Waals surface area (Å²) in [4.78, 5) is 28.9. The molecule has 5 nitrogen and oxygen atoms in total. The van der Waals surface area contributed by atoms with E-state index in [-0.39, 0.29) is 11.3 Å². The quantitative estimate of drug-likeness (QED) is 0.849. The first-order chi connectivity index (χ1) is 11.4. The van der Waals surface area contributed by atoms with Crippen LogP contribution in [0.25, 0.3) is 0 Å². The molecule has 134 valence electrons. The smallest absolute Gasteiger partial charge is 0.313 e. The average Bonchev–Trinajstić information content (AvgIpc) is 2.90. The van der Waals surface area contributed by atoms with Gasteiger partial charge in [-0.15, -0.1) is 11.3 Å². The van der Waals surface area contributed by atoms with E-state index in [2.05, 4.69) is 31.1 Å². The number of benzene rings is 1. The van der Waals surface area contributed by atoms with Gasteiger partial charge in [0.2, 0.25) is 0 Å². The highest BCUT2D eigenvalue weighted by Gasteiger charge is 2.29. The lowest BCUT2D eigenvalue weighted by Gasteiger charge is -2.19. The number of aromatic nitrogens is 1. The van der Waals surface area contributed by atoms with Gasteiger partial charge in [-0.2, -0.15) is 0 Å². The van der Waals surface area contributed by atoms with Crippen molar-refractivity contribution in [2.24, 2.45) is 0 Å². The predicted molar refractivity (Wildman–Crippen MR) is 101 cm³/mol. The molecule has 6 heteroatoms. The van der Waals surface area contributed by atoms with E-state index < -0.39 is 11.4 Å². The highest BCUT2D eigenvalue weighted by atomic mass is 32.1. The van der Waals surface area contributed by atoms with Crippen LogP contribution in [0.4, 0.5) is 5.69 Å². The summed E-state index contributed by atoms with van der Waals surface area (Å²) in [6.07, 6.45) is 0. The van der Waals surface area contributed by atoms with Gasteiger partial charge in [0, 0.05) is 11.1 Å². The summed E-state index contributed by atoms with van der Waals surface area (Å²) in [6.45, 7) is 11.3. The standard InChI is InChI=1S/C19H24N2O3S/c1-11-14(25-16(20-11)18(2,3)4)15(22)21-13-9-7-12(8-10-13)19(5,6)17(23)24/h7-10H,1-6H3,(H,21,22)(H,23,24). The molecule has 2 rings (SSSR count). The van der Waals surface area contributed by atoms with E-state index in [9.17, 15) is 14.7 Å². The SMILES string of the molecule is Cc1nc(C(C)(C)C)sc1C(=O)Nc1ccc(C(C)(C)C(=O)O)cc1. The van der Waals surface area contributed by atoms with E-state index in [0.717, 1.165) is 10.7 Å². The molecule has 0 atom stereocenters. The maximum atomic E-state index is 12.5. The fourth-order valence-corrected chi connectivity index (χ4v) is 3.23. The number of rotatable bonds is 4. The van der Waals surface area contributed by atoms with Gasteiger partial charge in [-0.3, -0.25) is 9.59 Å². The zero-order valence-electron chi connectivity index (χ0n) is 15.4. The van der Waals surface area contributed by atoms with Crippen LogP contribution in [0.5, 0.6) is 0 Å². The number of hydrogen-bond donors (Lipinski definition) is 2. The fourth-order valence-electron chi connectivity index (χ4n) is 2.21. The van der Waals surface area contributed by atoms with Crippen LogP contribution in [-0.2, 0) is 15.6 Å². The molecule has 2 N–H and O–H groups in total. The summed E-state index contributed by atoms with van der Waals surface area (Å²) in [5.41, 5.74) is 0.953. The summed E-state index contributed by atoms with van der Waals surface area (Å²) in [7, 11) is 0. The van der Waals surface area contributed by atoms with Gasteiger partial charge >= 0.3 is 5.97 Å². The summed E-state index contributed by atoms with van der Waals surface area (Å²) in [5.74, 6) is -1.09. The lowest BCUT2D eigenvalue weighted by molar-refractivity contribution is -0.142. The number of hydrogen-bond acceptors (Lipinski definition) is 4. The van der Waals surface area contributed by atoms with E-state index in [4.69, 9.17) is 0 Å². The van der Waals surface area contributed by atoms with Gasteiger partial charge in [0.05, 0.1) is 16.1 Å². The predicted octanol–water partition coefficient (Wildman–Crippen LogP) is 4.36. The highest BCUT2D eigenvalue weighted by Crippen LogP contribution is 2.30. The van der Waals surface area contributed by atoms with Crippen molar-refractivity contribution in [2.75, 3.05) is 5.32 Å². The first kappa shape index (κ1) is 19.1. The van der Waals surface area contributed by atoms with Gasteiger partial charge in [0.15, 0.2) is 0 Å². The summed E-state index contributed by atoms with van der Waals surface area (Å²) < 4.78 is 0. The van der Waals surface area contributed by atoms with Crippen molar-refractivity contribution in [2.45, 2.75) is 52.4 Å². The molecule has 1 aromatic carbocycles. The molecule has 0 saturated heterocycles. The summed E-state index contributed by atoms with van der Waals surface area (Å²) in [6, 6.07) is 6.89. The number of anilines is 1.